The summed E-state index contributed by atoms with van der Waals surface area (Å²) in [5, 5.41) is 3.05. The van der Waals surface area contributed by atoms with E-state index in [1.807, 2.05) is 43.4 Å². The van der Waals surface area contributed by atoms with Crippen LogP contribution in [0, 0.1) is 0 Å². The minimum atomic E-state index is -2.24. The zero-order valence-corrected chi connectivity index (χ0v) is 16.4. The number of benzene rings is 2. The van der Waals surface area contributed by atoms with Crippen molar-refractivity contribution in [3.8, 4) is 0 Å². The number of hydrogen-bond acceptors (Lipinski definition) is 3. The Morgan fingerprint density at radius 3 is 2.44 bits per heavy atom. The predicted molar refractivity (Wildman–Crippen MR) is 107 cm³/mol. The second kappa shape index (κ2) is 7.81. The maximum Gasteiger partial charge on any atom is 0.188 e. The summed E-state index contributed by atoms with van der Waals surface area (Å²) in [6.07, 6.45) is 4.03. The van der Waals surface area contributed by atoms with E-state index < -0.39 is 8.32 Å². The minimum Gasteiger partial charge on any atom is -0.432 e. The smallest absolute Gasteiger partial charge is 0.188 e. The molecule has 4 heteroatoms. The van der Waals surface area contributed by atoms with E-state index in [-0.39, 0.29) is 10.8 Å². The number of carbonyl (C=O) groups is 1. The number of rotatable bonds is 7. The lowest BCUT2D eigenvalue weighted by atomic mass is 10.0. The molecule has 0 unspecified atom stereocenters. The van der Waals surface area contributed by atoms with Gasteiger partial charge in [0.2, 0.25) is 0 Å². The number of ketones is 1. The first-order chi connectivity index (χ1) is 11.7. The molecule has 25 heavy (non-hydrogen) atoms. The van der Waals surface area contributed by atoms with Gasteiger partial charge in [-0.1, -0.05) is 56.3 Å². The molecule has 0 amide bonds. The standard InChI is InChI=1S/C21H27NO2Si/c1-21(2,25(3,4)24)16-17-9-8-12-19(15-17)22-14-13-20(23)18-10-6-5-7-11-18/h5-15,22,24H,16H2,1-4H3/b14-13-. The third-order valence-electron chi connectivity index (χ3n) is 4.77. The third kappa shape index (κ3) is 5.41. The molecular formula is C21H27NO2Si. The molecule has 2 rings (SSSR count). The number of anilines is 1. The summed E-state index contributed by atoms with van der Waals surface area (Å²) in [6.45, 7) is 8.20. The van der Waals surface area contributed by atoms with Gasteiger partial charge in [0.15, 0.2) is 14.1 Å². The first kappa shape index (κ1) is 19.2. The van der Waals surface area contributed by atoms with Gasteiger partial charge in [-0.2, -0.15) is 0 Å². The van der Waals surface area contributed by atoms with Crippen LogP contribution in [0.25, 0.3) is 0 Å². The van der Waals surface area contributed by atoms with Crippen molar-refractivity contribution < 1.29 is 9.59 Å². The Balaban J connectivity index is 2.02. The van der Waals surface area contributed by atoms with Crippen molar-refractivity contribution in [3.05, 3.63) is 78.0 Å². The van der Waals surface area contributed by atoms with Crippen LogP contribution in [0.3, 0.4) is 0 Å². The third-order valence-corrected chi connectivity index (χ3v) is 8.26. The molecule has 2 N–H and O–H groups in total. The fraction of sp³-hybridized carbons (Fsp3) is 0.286. The van der Waals surface area contributed by atoms with Crippen molar-refractivity contribution in [2.24, 2.45) is 0 Å². The van der Waals surface area contributed by atoms with Gasteiger partial charge in [0.05, 0.1) is 0 Å². The summed E-state index contributed by atoms with van der Waals surface area (Å²) in [5.41, 5.74) is 2.78. The Morgan fingerprint density at radius 2 is 1.80 bits per heavy atom. The molecule has 0 saturated heterocycles. The molecule has 0 bridgehead atoms. The van der Waals surface area contributed by atoms with Crippen molar-refractivity contribution in [1.29, 1.82) is 0 Å². The van der Waals surface area contributed by atoms with Crippen molar-refractivity contribution in [3.63, 3.8) is 0 Å². The Kier molecular flexibility index (Phi) is 5.98. The highest BCUT2D eigenvalue weighted by atomic mass is 28.4. The molecule has 0 aliphatic rings. The summed E-state index contributed by atoms with van der Waals surface area (Å²) in [4.78, 5) is 22.5. The van der Waals surface area contributed by atoms with Crippen molar-refractivity contribution >= 4 is 19.8 Å². The van der Waals surface area contributed by atoms with Crippen molar-refractivity contribution in [2.45, 2.75) is 38.4 Å². The highest BCUT2D eigenvalue weighted by Gasteiger charge is 2.37. The minimum absolute atomic E-state index is 0.0292. The molecule has 0 aromatic heterocycles. The maximum atomic E-state index is 12.0. The highest BCUT2D eigenvalue weighted by Crippen LogP contribution is 2.38. The number of carbonyl (C=O) groups excluding carboxylic acids is 1. The number of allylic oxidation sites excluding steroid dienone is 1. The number of nitrogens with one attached hydrogen (secondary N) is 1. The lowest BCUT2D eigenvalue weighted by Gasteiger charge is -2.35. The van der Waals surface area contributed by atoms with E-state index in [2.05, 4.69) is 31.3 Å². The van der Waals surface area contributed by atoms with Crippen molar-refractivity contribution in [2.75, 3.05) is 5.32 Å². The van der Waals surface area contributed by atoms with Crippen LogP contribution in [0.4, 0.5) is 5.69 Å². The molecule has 2 aromatic rings. The van der Waals surface area contributed by atoms with Gasteiger partial charge in [-0.15, -0.1) is 0 Å². The van der Waals surface area contributed by atoms with E-state index in [1.54, 1.807) is 18.3 Å². The van der Waals surface area contributed by atoms with Crippen LogP contribution in [-0.4, -0.2) is 18.9 Å². The van der Waals surface area contributed by atoms with Gasteiger partial charge >= 0.3 is 0 Å². The van der Waals surface area contributed by atoms with Gasteiger partial charge in [0.25, 0.3) is 0 Å². The van der Waals surface area contributed by atoms with Crippen LogP contribution in [-0.2, 0) is 6.42 Å². The first-order valence-corrected chi connectivity index (χ1v) is 11.5. The molecule has 0 atom stereocenters. The quantitative estimate of drug-likeness (QED) is 0.418. The van der Waals surface area contributed by atoms with Crippen LogP contribution in [0.2, 0.25) is 18.1 Å². The largest absolute Gasteiger partial charge is 0.432 e. The van der Waals surface area contributed by atoms with E-state index in [4.69, 9.17) is 0 Å². The Morgan fingerprint density at radius 1 is 1.12 bits per heavy atom. The Labute approximate surface area is 151 Å². The Hall–Kier alpha value is -2.17. The van der Waals surface area contributed by atoms with Crippen LogP contribution < -0.4 is 5.32 Å². The molecule has 0 saturated carbocycles. The summed E-state index contributed by atoms with van der Waals surface area (Å²) < 4.78 is 0. The molecule has 0 fully saturated rings. The van der Waals surface area contributed by atoms with Gasteiger partial charge < -0.3 is 10.1 Å². The average Bonchev–Trinajstić information content (AvgIpc) is 2.54. The van der Waals surface area contributed by atoms with Crippen molar-refractivity contribution in [1.82, 2.24) is 0 Å². The number of hydrogen-bond donors (Lipinski definition) is 2. The Bertz CT molecular complexity index is 746. The topological polar surface area (TPSA) is 49.3 Å². The van der Waals surface area contributed by atoms with Crippen LogP contribution in [0.1, 0.15) is 29.8 Å². The second-order valence-electron chi connectivity index (χ2n) is 7.53. The van der Waals surface area contributed by atoms with E-state index >= 15 is 0 Å². The molecule has 3 nitrogen and oxygen atoms in total. The van der Waals surface area contributed by atoms with Gasteiger partial charge in [0.1, 0.15) is 0 Å². The average molecular weight is 354 g/mol. The van der Waals surface area contributed by atoms with E-state index in [0.717, 1.165) is 12.1 Å². The lowest BCUT2D eigenvalue weighted by Crippen LogP contribution is -2.40. The summed E-state index contributed by atoms with van der Waals surface area (Å²) >= 11 is 0. The van der Waals surface area contributed by atoms with Gasteiger partial charge in [-0.05, 0) is 42.2 Å². The fourth-order valence-electron chi connectivity index (χ4n) is 2.41. The zero-order chi connectivity index (χ0) is 18.5. The van der Waals surface area contributed by atoms with Gasteiger partial charge in [0, 0.05) is 23.5 Å². The van der Waals surface area contributed by atoms with Crippen LogP contribution in [0.5, 0.6) is 0 Å². The van der Waals surface area contributed by atoms with E-state index in [9.17, 15) is 9.59 Å². The molecule has 0 spiro atoms. The first-order valence-electron chi connectivity index (χ1n) is 8.53. The fourth-order valence-corrected chi connectivity index (χ4v) is 3.05. The van der Waals surface area contributed by atoms with E-state index in [0.29, 0.717) is 5.56 Å². The molecule has 0 aliphatic carbocycles. The van der Waals surface area contributed by atoms with E-state index in [1.165, 1.54) is 11.6 Å². The monoisotopic (exact) mass is 353 g/mol. The molecule has 132 valence electrons. The summed E-state index contributed by atoms with van der Waals surface area (Å²) in [6, 6.07) is 17.3. The maximum absolute atomic E-state index is 12.0. The molecule has 0 heterocycles. The zero-order valence-electron chi connectivity index (χ0n) is 15.4. The summed E-state index contributed by atoms with van der Waals surface area (Å²) in [7, 11) is -2.24. The molecule has 0 aliphatic heterocycles. The highest BCUT2D eigenvalue weighted by molar-refractivity contribution is 6.72. The SMILES string of the molecule is CC(C)(Cc1cccc(N/C=C\C(=O)c2ccccc2)c1)[Si](C)(C)O. The molecule has 0 radical (unpaired) electrons. The molecular weight excluding hydrogens is 326 g/mol. The normalized spacial score (nSPS) is 12.4. The summed E-state index contributed by atoms with van der Waals surface area (Å²) in [5.74, 6) is -0.0292. The second-order valence-corrected chi connectivity index (χ2v) is 12.0. The predicted octanol–water partition coefficient (Wildman–Crippen LogP) is 5.02. The molecule has 2 aromatic carbocycles. The van der Waals surface area contributed by atoms with Crippen LogP contribution in [0.15, 0.2) is 66.9 Å². The van der Waals surface area contributed by atoms with Crippen LogP contribution >= 0.6 is 0 Å². The lowest BCUT2D eigenvalue weighted by molar-refractivity contribution is 0.104. The van der Waals surface area contributed by atoms with Gasteiger partial charge in [-0.3, -0.25) is 4.79 Å². The van der Waals surface area contributed by atoms with Gasteiger partial charge in [-0.25, -0.2) is 0 Å².